The van der Waals surface area contributed by atoms with E-state index < -0.39 is 11.7 Å². The summed E-state index contributed by atoms with van der Waals surface area (Å²) in [5, 5.41) is 0. The number of hydrogen-bond acceptors (Lipinski definition) is 0. The Balaban J connectivity index is 4.56. The molecule has 0 aliphatic rings. The lowest BCUT2D eigenvalue weighted by molar-refractivity contribution is -0.0884. The van der Waals surface area contributed by atoms with E-state index in [0.29, 0.717) is 6.42 Å². The summed E-state index contributed by atoms with van der Waals surface area (Å²) in [6.07, 6.45) is 0.0701. The van der Waals surface area contributed by atoms with E-state index in [2.05, 4.69) is 0 Å². The van der Waals surface area contributed by atoms with Gasteiger partial charge in [0.25, 0.3) is 0 Å². The Kier molecular flexibility index (Phi) is 4.81. The summed E-state index contributed by atoms with van der Waals surface area (Å²) >= 11 is 0. The molecule has 0 N–H and O–H groups in total. The maximum atomic E-state index is 12.2. The van der Waals surface area contributed by atoms with Gasteiger partial charge in [0, 0.05) is 0 Å². The van der Waals surface area contributed by atoms with E-state index in [1.807, 2.05) is 13.8 Å². The lowest BCUT2D eigenvalue weighted by Gasteiger charge is -2.07. The fraction of sp³-hybridized carbons (Fsp3) is 0.600. The zero-order valence-corrected chi connectivity index (χ0v) is 8.15. The minimum Gasteiger partial charge on any atom is -0.166 e. The molecule has 0 aliphatic heterocycles. The van der Waals surface area contributed by atoms with Gasteiger partial charge in [-0.15, -0.1) is 0 Å². The van der Waals surface area contributed by atoms with Gasteiger partial charge in [0.2, 0.25) is 0 Å². The van der Waals surface area contributed by atoms with Crippen molar-refractivity contribution >= 4 is 0 Å². The second kappa shape index (κ2) is 5.10. The molecular weight excluding hydrogens is 177 g/mol. The zero-order chi connectivity index (χ0) is 10.5. The van der Waals surface area contributed by atoms with Crippen LogP contribution in [-0.4, -0.2) is 6.18 Å². The van der Waals surface area contributed by atoms with Gasteiger partial charge in [-0.3, -0.25) is 0 Å². The van der Waals surface area contributed by atoms with Crippen LogP contribution in [0.4, 0.5) is 13.2 Å². The summed E-state index contributed by atoms with van der Waals surface area (Å²) in [5.74, 6) is 0.141. The van der Waals surface area contributed by atoms with Gasteiger partial charge in [0.1, 0.15) is 0 Å². The third-order valence-corrected chi connectivity index (χ3v) is 1.41. The van der Waals surface area contributed by atoms with Crippen LogP contribution in [0.15, 0.2) is 23.8 Å². The number of alkyl halides is 3. The van der Waals surface area contributed by atoms with E-state index in [9.17, 15) is 13.2 Å². The van der Waals surface area contributed by atoms with E-state index in [4.69, 9.17) is 0 Å². The van der Waals surface area contributed by atoms with Crippen molar-refractivity contribution in [1.29, 1.82) is 0 Å². The molecule has 13 heavy (non-hydrogen) atoms. The van der Waals surface area contributed by atoms with Crippen molar-refractivity contribution in [3.05, 3.63) is 23.8 Å². The second-order valence-corrected chi connectivity index (χ2v) is 3.17. The minimum atomic E-state index is -4.22. The van der Waals surface area contributed by atoms with Crippen molar-refractivity contribution in [3.63, 3.8) is 0 Å². The molecule has 0 saturated heterocycles. The highest BCUT2D eigenvalue weighted by atomic mass is 19.4. The summed E-state index contributed by atoms with van der Waals surface area (Å²) < 4.78 is 36.7. The van der Waals surface area contributed by atoms with E-state index >= 15 is 0 Å². The first-order valence-corrected chi connectivity index (χ1v) is 4.33. The summed E-state index contributed by atoms with van der Waals surface area (Å²) in [6.45, 7) is 5.38. The van der Waals surface area contributed by atoms with Gasteiger partial charge < -0.3 is 0 Å². The summed E-state index contributed by atoms with van der Waals surface area (Å²) in [6, 6.07) is 0. The van der Waals surface area contributed by atoms with E-state index in [-0.39, 0.29) is 5.92 Å². The largest absolute Gasteiger partial charge is 0.416 e. The predicted octanol–water partition coefficient (Wildman–Crippen LogP) is 4.10. The Labute approximate surface area is 77.1 Å². The molecule has 3 heteroatoms. The highest BCUT2D eigenvalue weighted by Crippen LogP contribution is 2.27. The fourth-order valence-corrected chi connectivity index (χ4v) is 0.794. The van der Waals surface area contributed by atoms with Crippen LogP contribution in [0.2, 0.25) is 0 Å². The SMILES string of the molecule is CC/C=C(\C=C/C(C)C)C(F)(F)F. The Morgan fingerprint density at radius 1 is 1.31 bits per heavy atom. The predicted molar refractivity (Wildman–Crippen MR) is 48.4 cm³/mol. The zero-order valence-electron chi connectivity index (χ0n) is 8.15. The Morgan fingerprint density at radius 3 is 2.15 bits per heavy atom. The van der Waals surface area contributed by atoms with Crippen LogP contribution in [0.1, 0.15) is 27.2 Å². The van der Waals surface area contributed by atoms with Crippen molar-refractivity contribution in [1.82, 2.24) is 0 Å². The van der Waals surface area contributed by atoms with Gasteiger partial charge in [0.15, 0.2) is 0 Å². The molecule has 0 aromatic heterocycles. The van der Waals surface area contributed by atoms with E-state index in [1.54, 1.807) is 13.0 Å². The van der Waals surface area contributed by atoms with E-state index in [0.717, 1.165) is 6.08 Å². The number of halogens is 3. The van der Waals surface area contributed by atoms with Crippen LogP contribution < -0.4 is 0 Å². The maximum absolute atomic E-state index is 12.2. The minimum absolute atomic E-state index is 0.141. The molecule has 0 radical (unpaired) electrons. The molecule has 0 fully saturated rings. The third-order valence-electron chi connectivity index (χ3n) is 1.41. The third kappa shape index (κ3) is 5.50. The van der Waals surface area contributed by atoms with Gasteiger partial charge in [-0.2, -0.15) is 13.2 Å². The molecule has 0 unspecified atom stereocenters. The molecular formula is C10H15F3. The van der Waals surface area contributed by atoms with Crippen molar-refractivity contribution < 1.29 is 13.2 Å². The van der Waals surface area contributed by atoms with Crippen LogP contribution in [-0.2, 0) is 0 Å². The van der Waals surface area contributed by atoms with Crippen LogP contribution in [0.3, 0.4) is 0 Å². The fourth-order valence-electron chi connectivity index (χ4n) is 0.794. The molecule has 0 aliphatic carbocycles. The smallest absolute Gasteiger partial charge is 0.166 e. The van der Waals surface area contributed by atoms with Gasteiger partial charge in [-0.1, -0.05) is 39.0 Å². The monoisotopic (exact) mass is 192 g/mol. The first-order valence-electron chi connectivity index (χ1n) is 4.33. The van der Waals surface area contributed by atoms with Crippen LogP contribution in [0.5, 0.6) is 0 Å². The molecule has 0 nitrogen and oxygen atoms in total. The van der Waals surface area contributed by atoms with Crippen molar-refractivity contribution in [2.24, 2.45) is 5.92 Å². The van der Waals surface area contributed by atoms with Crippen LogP contribution in [0.25, 0.3) is 0 Å². The normalized spacial score (nSPS) is 14.5. The van der Waals surface area contributed by atoms with Crippen molar-refractivity contribution in [2.45, 2.75) is 33.4 Å². The lowest BCUT2D eigenvalue weighted by atomic mass is 10.1. The highest BCUT2D eigenvalue weighted by Gasteiger charge is 2.30. The van der Waals surface area contributed by atoms with Crippen LogP contribution in [0, 0.1) is 5.92 Å². The average molecular weight is 192 g/mol. The molecule has 0 aromatic rings. The molecule has 0 heterocycles. The molecule has 0 saturated carbocycles. The average Bonchev–Trinajstić information content (AvgIpc) is 1.95. The number of rotatable bonds is 3. The van der Waals surface area contributed by atoms with E-state index in [1.165, 1.54) is 6.08 Å². The van der Waals surface area contributed by atoms with Gasteiger partial charge in [-0.05, 0) is 12.3 Å². The first kappa shape index (κ1) is 12.3. The first-order chi connectivity index (χ1) is 5.88. The van der Waals surface area contributed by atoms with Crippen LogP contribution >= 0.6 is 0 Å². The van der Waals surface area contributed by atoms with Gasteiger partial charge >= 0.3 is 6.18 Å². The molecule has 0 amide bonds. The van der Waals surface area contributed by atoms with Crippen molar-refractivity contribution in [3.8, 4) is 0 Å². The Morgan fingerprint density at radius 2 is 1.85 bits per heavy atom. The number of allylic oxidation sites excluding steroid dienone is 4. The molecule has 76 valence electrons. The standard InChI is InChI=1S/C10H15F3/c1-4-5-9(10(11,12)13)7-6-8(2)3/h5-8H,4H2,1-3H3/b7-6-,9-5+. The van der Waals surface area contributed by atoms with Gasteiger partial charge in [0.05, 0.1) is 5.57 Å². The maximum Gasteiger partial charge on any atom is 0.416 e. The highest BCUT2D eigenvalue weighted by molar-refractivity contribution is 5.23. The quantitative estimate of drug-likeness (QED) is 0.590. The molecule has 0 aromatic carbocycles. The molecule has 0 rings (SSSR count). The summed E-state index contributed by atoms with van der Waals surface area (Å²) in [7, 11) is 0. The lowest BCUT2D eigenvalue weighted by Crippen LogP contribution is -2.10. The van der Waals surface area contributed by atoms with Gasteiger partial charge in [-0.25, -0.2) is 0 Å². The summed E-state index contributed by atoms with van der Waals surface area (Å²) in [4.78, 5) is 0. The second-order valence-electron chi connectivity index (χ2n) is 3.17. The Bertz CT molecular complexity index is 197. The summed E-state index contributed by atoms with van der Waals surface area (Å²) in [5.41, 5.74) is -0.552. The molecule has 0 bridgehead atoms. The topological polar surface area (TPSA) is 0 Å². The number of hydrogen-bond donors (Lipinski definition) is 0. The Hall–Kier alpha value is -0.730. The molecule has 0 atom stereocenters. The molecule has 0 spiro atoms. The van der Waals surface area contributed by atoms with Crippen molar-refractivity contribution in [2.75, 3.05) is 0 Å².